The number of aryl methyl sites for hydroxylation is 1. The lowest BCUT2D eigenvalue weighted by Gasteiger charge is -2.33. The van der Waals surface area contributed by atoms with E-state index in [-0.39, 0.29) is 23.0 Å². The normalized spacial score (nSPS) is 12.5. The summed E-state index contributed by atoms with van der Waals surface area (Å²) in [6.45, 7) is 8.82. The lowest BCUT2D eigenvalue weighted by Crippen LogP contribution is -2.54. The second-order valence-electron chi connectivity index (χ2n) is 10.2. The molecule has 0 saturated heterocycles. The molecule has 7 nitrogen and oxygen atoms in total. The first-order chi connectivity index (χ1) is 17.8. The summed E-state index contributed by atoms with van der Waals surface area (Å²) in [6.07, 6.45) is 0. The highest BCUT2D eigenvalue weighted by Gasteiger charge is 2.33. The number of carbonyl (C=O) groups excluding carboxylic acids is 2. The van der Waals surface area contributed by atoms with Gasteiger partial charge in [0.15, 0.2) is 0 Å². The van der Waals surface area contributed by atoms with Crippen LogP contribution in [0.4, 0.5) is 5.69 Å². The van der Waals surface area contributed by atoms with Crippen molar-refractivity contribution in [2.24, 2.45) is 0 Å². The number of hydrogen-bond donors (Lipinski definition) is 1. The number of hydrogen-bond acceptors (Lipinski definition) is 4. The van der Waals surface area contributed by atoms with E-state index < -0.39 is 34.1 Å². The van der Waals surface area contributed by atoms with Crippen molar-refractivity contribution in [3.05, 3.63) is 95.0 Å². The topological polar surface area (TPSA) is 86.8 Å². The summed E-state index contributed by atoms with van der Waals surface area (Å²) in [7, 11) is -4.11. The molecule has 0 heterocycles. The Balaban J connectivity index is 2.01. The van der Waals surface area contributed by atoms with Crippen molar-refractivity contribution in [1.82, 2.24) is 10.2 Å². The van der Waals surface area contributed by atoms with E-state index in [1.165, 1.54) is 17.0 Å². The van der Waals surface area contributed by atoms with Crippen LogP contribution in [0, 0.1) is 6.92 Å². The SMILES string of the molecule is Cc1ccc(CN(C(=O)CN(c2ccc(Cl)cc2)S(=O)(=O)c2ccccc2)[C@H](C)C(=O)NC(C)(C)C)cc1. The zero-order valence-corrected chi connectivity index (χ0v) is 23.9. The number of rotatable bonds is 9. The van der Waals surface area contributed by atoms with Gasteiger partial charge in [0, 0.05) is 17.1 Å². The molecule has 0 aliphatic carbocycles. The minimum Gasteiger partial charge on any atom is -0.350 e. The highest BCUT2D eigenvalue weighted by atomic mass is 35.5. The summed E-state index contributed by atoms with van der Waals surface area (Å²) in [4.78, 5) is 28.4. The van der Waals surface area contributed by atoms with E-state index in [2.05, 4.69) is 5.32 Å². The zero-order valence-electron chi connectivity index (χ0n) is 22.3. The molecule has 0 unspecified atom stereocenters. The van der Waals surface area contributed by atoms with Crippen LogP contribution in [0.2, 0.25) is 5.02 Å². The van der Waals surface area contributed by atoms with Crippen LogP contribution in [0.5, 0.6) is 0 Å². The van der Waals surface area contributed by atoms with Gasteiger partial charge in [-0.05, 0) is 76.6 Å². The first-order valence-electron chi connectivity index (χ1n) is 12.3. The molecule has 0 bridgehead atoms. The fourth-order valence-corrected chi connectivity index (χ4v) is 5.36. The molecule has 9 heteroatoms. The Hall–Kier alpha value is -3.36. The number of amides is 2. The molecule has 3 aromatic carbocycles. The average Bonchev–Trinajstić information content (AvgIpc) is 2.86. The van der Waals surface area contributed by atoms with E-state index in [1.54, 1.807) is 49.4 Å². The van der Waals surface area contributed by atoms with Gasteiger partial charge in [0.25, 0.3) is 10.0 Å². The van der Waals surface area contributed by atoms with E-state index in [1.807, 2.05) is 52.0 Å². The van der Waals surface area contributed by atoms with E-state index in [9.17, 15) is 18.0 Å². The standard InChI is InChI=1S/C29H34ClN3O4S/c1-21-11-13-23(14-12-21)19-32(22(2)28(35)31-29(3,4)5)27(34)20-33(25-17-15-24(30)16-18-25)38(36,37)26-9-7-6-8-10-26/h6-18,22H,19-20H2,1-5H3,(H,31,35)/t22-/m1/s1. The van der Waals surface area contributed by atoms with E-state index in [4.69, 9.17) is 11.6 Å². The average molecular weight is 556 g/mol. The smallest absolute Gasteiger partial charge is 0.264 e. The molecule has 1 atom stereocenters. The molecule has 0 radical (unpaired) electrons. The van der Waals surface area contributed by atoms with Crippen LogP contribution >= 0.6 is 11.6 Å². The first kappa shape index (κ1) is 29.2. The second kappa shape index (κ2) is 12.0. The predicted octanol–water partition coefficient (Wildman–Crippen LogP) is 5.18. The van der Waals surface area contributed by atoms with Crippen molar-refractivity contribution < 1.29 is 18.0 Å². The van der Waals surface area contributed by atoms with E-state index in [0.717, 1.165) is 15.4 Å². The van der Waals surface area contributed by atoms with Crippen LogP contribution in [0.1, 0.15) is 38.8 Å². The van der Waals surface area contributed by atoms with Gasteiger partial charge in [-0.2, -0.15) is 0 Å². The van der Waals surface area contributed by atoms with Crippen molar-refractivity contribution in [2.45, 2.75) is 57.6 Å². The first-order valence-corrected chi connectivity index (χ1v) is 14.1. The van der Waals surface area contributed by atoms with Crippen LogP contribution in [0.15, 0.2) is 83.8 Å². The Bertz CT molecular complexity index is 1350. The summed E-state index contributed by atoms with van der Waals surface area (Å²) in [6, 6.07) is 20.9. The van der Waals surface area contributed by atoms with Gasteiger partial charge in [0.1, 0.15) is 12.6 Å². The highest BCUT2D eigenvalue weighted by molar-refractivity contribution is 7.92. The molecular weight excluding hydrogens is 522 g/mol. The Morgan fingerprint density at radius 2 is 1.50 bits per heavy atom. The van der Waals surface area contributed by atoms with Crippen LogP contribution < -0.4 is 9.62 Å². The number of carbonyl (C=O) groups is 2. The second-order valence-corrected chi connectivity index (χ2v) is 12.5. The molecule has 3 aromatic rings. The zero-order chi connectivity index (χ0) is 28.1. The molecule has 38 heavy (non-hydrogen) atoms. The molecule has 0 fully saturated rings. The van der Waals surface area contributed by atoms with Crippen molar-refractivity contribution >= 4 is 39.1 Å². The van der Waals surface area contributed by atoms with Crippen LogP contribution in [0.3, 0.4) is 0 Å². The molecule has 0 saturated carbocycles. The summed E-state index contributed by atoms with van der Waals surface area (Å²) in [5.74, 6) is -0.849. The summed E-state index contributed by atoms with van der Waals surface area (Å²) in [5.41, 5.74) is 1.67. The Labute approximate surface area is 230 Å². The summed E-state index contributed by atoms with van der Waals surface area (Å²) in [5, 5.41) is 3.35. The fraction of sp³-hybridized carbons (Fsp3) is 0.310. The largest absolute Gasteiger partial charge is 0.350 e. The molecule has 0 aromatic heterocycles. The fourth-order valence-electron chi connectivity index (χ4n) is 3.80. The third-order valence-electron chi connectivity index (χ3n) is 5.86. The number of nitrogens with one attached hydrogen (secondary N) is 1. The Morgan fingerprint density at radius 1 is 0.921 bits per heavy atom. The van der Waals surface area contributed by atoms with E-state index >= 15 is 0 Å². The van der Waals surface area contributed by atoms with Crippen molar-refractivity contribution in [2.75, 3.05) is 10.8 Å². The molecule has 0 aliphatic heterocycles. The van der Waals surface area contributed by atoms with Gasteiger partial charge in [-0.1, -0.05) is 59.6 Å². The maximum absolute atomic E-state index is 13.9. The lowest BCUT2D eigenvalue weighted by molar-refractivity contribution is -0.140. The maximum atomic E-state index is 13.9. The van der Waals surface area contributed by atoms with Gasteiger partial charge in [-0.15, -0.1) is 0 Å². The molecular formula is C29H34ClN3O4S. The minimum absolute atomic E-state index is 0.0476. The Kier molecular flexibility index (Phi) is 9.22. The van der Waals surface area contributed by atoms with Crippen molar-refractivity contribution in [1.29, 1.82) is 0 Å². The van der Waals surface area contributed by atoms with Gasteiger partial charge < -0.3 is 10.2 Å². The number of nitrogens with zero attached hydrogens (tertiary/aromatic N) is 2. The number of anilines is 1. The van der Waals surface area contributed by atoms with Crippen LogP contribution in [0.25, 0.3) is 0 Å². The van der Waals surface area contributed by atoms with Gasteiger partial charge in [-0.25, -0.2) is 8.42 Å². The van der Waals surface area contributed by atoms with Gasteiger partial charge >= 0.3 is 0 Å². The Morgan fingerprint density at radius 3 is 2.05 bits per heavy atom. The molecule has 2 amide bonds. The molecule has 0 spiro atoms. The van der Waals surface area contributed by atoms with Gasteiger partial charge in [-0.3, -0.25) is 13.9 Å². The highest BCUT2D eigenvalue weighted by Crippen LogP contribution is 2.26. The molecule has 1 N–H and O–H groups in total. The van der Waals surface area contributed by atoms with Crippen LogP contribution in [-0.4, -0.2) is 43.3 Å². The van der Waals surface area contributed by atoms with Gasteiger partial charge in [0.05, 0.1) is 10.6 Å². The van der Waals surface area contributed by atoms with Crippen molar-refractivity contribution in [3.8, 4) is 0 Å². The van der Waals surface area contributed by atoms with E-state index in [0.29, 0.717) is 5.02 Å². The third kappa shape index (κ3) is 7.58. The summed E-state index contributed by atoms with van der Waals surface area (Å²) < 4.78 is 28.5. The number of benzene rings is 3. The summed E-state index contributed by atoms with van der Waals surface area (Å²) >= 11 is 6.05. The molecule has 0 aliphatic rings. The predicted molar refractivity (Wildman–Crippen MR) is 152 cm³/mol. The number of halogens is 1. The quantitative estimate of drug-likeness (QED) is 0.394. The third-order valence-corrected chi connectivity index (χ3v) is 7.90. The molecule has 202 valence electrons. The molecule has 3 rings (SSSR count). The lowest BCUT2D eigenvalue weighted by atomic mass is 10.1. The maximum Gasteiger partial charge on any atom is 0.264 e. The van der Waals surface area contributed by atoms with Crippen LogP contribution in [-0.2, 0) is 26.2 Å². The number of sulfonamides is 1. The minimum atomic E-state index is -4.11. The monoisotopic (exact) mass is 555 g/mol. The van der Waals surface area contributed by atoms with Gasteiger partial charge in [0.2, 0.25) is 11.8 Å². The van der Waals surface area contributed by atoms with Crippen molar-refractivity contribution in [3.63, 3.8) is 0 Å².